The van der Waals surface area contributed by atoms with Gasteiger partial charge >= 0.3 is 0 Å². The first-order valence-electron chi connectivity index (χ1n) is 4.46. The molecule has 0 aromatic carbocycles. The molecule has 2 N–H and O–H groups in total. The number of thiophene rings is 1. The second-order valence-electron chi connectivity index (χ2n) is 3.08. The molecule has 0 radical (unpaired) electrons. The number of nitrogens with two attached hydrogens (primary N) is 1. The monoisotopic (exact) mass is 208 g/mol. The van der Waals surface area contributed by atoms with Crippen LogP contribution in [0.1, 0.15) is 11.8 Å². The molecule has 5 heteroatoms. The molecule has 14 heavy (non-hydrogen) atoms. The SMILES string of the molecule is CCn1cnnc1-c1cc(C)sc1N. The molecular formula is C9H12N4S. The van der Waals surface area contributed by atoms with Crippen LogP contribution in [-0.2, 0) is 6.54 Å². The molecule has 4 nitrogen and oxygen atoms in total. The summed E-state index contributed by atoms with van der Waals surface area (Å²) in [6.07, 6.45) is 1.72. The predicted molar refractivity (Wildman–Crippen MR) is 58.2 cm³/mol. The largest absolute Gasteiger partial charge is 0.390 e. The lowest BCUT2D eigenvalue weighted by Gasteiger charge is -2.00. The molecule has 0 saturated carbocycles. The third-order valence-electron chi connectivity index (χ3n) is 2.08. The molecule has 0 unspecified atom stereocenters. The summed E-state index contributed by atoms with van der Waals surface area (Å²) in [6, 6.07) is 2.05. The standard InChI is InChI=1S/C9H12N4S/c1-3-13-5-11-12-9(13)7-4-6(2)14-8(7)10/h4-5H,3,10H2,1-2H3. The van der Waals surface area contributed by atoms with Crippen LogP contribution in [0.2, 0.25) is 0 Å². The fourth-order valence-electron chi connectivity index (χ4n) is 1.40. The van der Waals surface area contributed by atoms with Crippen molar-refractivity contribution in [1.29, 1.82) is 0 Å². The van der Waals surface area contributed by atoms with E-state index < -0.39 is 0 Å². The van der Waals surface area contributed by atoms with E-state index in [9.17, 15) is 0 Å². The third-order valence-corrected chi connectivity index (χ3v) is 2.96. The highest BCUT2D eigenvalue weighted by Crippen LogP contribution is 2.31. The molecule has 0 aliphatic heterocycles. The van der Waals surface area contributed by atoms with Gasteiger partial charge in [0.05, 0.1) is 10.6 Å². The van der Waals surface area contributed by atoms with Crippen LogP contribution in [0.15, 0.2) is 12.4 Å². The summed E-state index contributed by atoms with van der Waals surface area (Å²) in [6.45, 7) is 4.95. The molecule has 0 atom stereocenters. The maximum atomic E-state index is 5.89. The molecule has 0 spiro atoms. The Morgan fingerprint density at radius 1 is 1.57 bits per heavy atom. The van der Waals surface area contributed by atoms with Crippen molar-refractivity contribution in [2.75, 3.05) is 5.73 Å². The number of aromatic nitrogens is 3. The Bertz CT molecular complexity index is 443. The number of rotatable bonds is 2. The van der Waals surface area contributed by atoms with Crippen molar-refractivity contribution in [2.45, 2.75) is 20.4 Å². The highest BCUT2D eigenvalue weighted by molar-refractivity contribution is 7.16. The minimum atomic E-state index is 0.810. The van der Waals surface area contributed by atoms with Gasteiger partial charge in [0, 0.05) is 11.4 Å². The second-order valence-corrected chi connectivity index (χ2v) is 4.36. The van der Waals surface area contributed by atoms with Gasteiger partial charge in [-0.15, -0.1) is 21.5 Å². The molecule has 0 bridgehead atoms. The summed E-state index contributed by atoms with van der Waals surface area (Å²) in [5.41, 5.74) is 6.89. The van der Waals surface area contributed by atoms with Crippen LogP contribution < -0.4 is 5.73 Å². The van der Waals surface area contributed by atoms with Crippen molar-refractivity contribution in [3.05, 3.63) is 17.3 Å². The summed E-state index contributed by atoms with van der Waals surface area (Å²) < 4.78 is 1.98. The maximum absolute atomic E-state index is 5.89. The van der Waals surface area contributed by atoms with Crippen molar-refractivity contribution in [3.8, 4) is 11.4 Å². The van der Waals surface area contributed by atoms with Crippen LogP contribution in [0.5, 0.6) is 0 Å². The predicted octanol–water partition coefficient (Wildman–Crippen LogP) is 1.92. The van der Waals surface area contributed by atoms with Gasteiger partial charge in [-0.05, 0) is 19.9 Å². The van der Waals surface area contributed by atoms with Gasteiger partial charge in [0.15, 0.2) is 5.82 Å². The molecule has 2 aromatic heterocycles. The Morgan fingerprint density at radius 2 is 2.36 bits per heavy atom. The minimum absolute atomic E-state index is 0.810. The van der Waals surface area contributed by atoms with Crippen LogP contribution in [0, 0.1) is 6.92 Å². The van der Waals surface area contributed by atoms with Crippen molar-refractivity contribution < 1.29 is 0 Å². The van der Waals surface area contributed by atoms with E-state index in [0.717, 1.165) is 22.9 Å². The van der Waals surface area contributed by atoms with Crippen molar-refractivity contribution in [2.24, 2.45) is 0 Å². The molecule has 2 rings (SSSR count). The minimum Gasteiger partial charge on any atom is -0.390 e. The Labute approximate surface area is 86.4 Å². The summed E-state index contributed by atoms with van der Waals surface area (Å²) in [5.74, 6) is 0.856. The molecule has 0 aliphatic carbocycles. The molecule has 0 aliphatic rings. The van der Waals surface area contributed by atoms with E-state index in [1.807, 2.05) is 11.5 Å². The second kappa shape index (κ2) is 3.42. The Morgan fingerprint density at radius 3 is 2.93 bits per heavy atom. The normalized spacial score (nSPS) is 10.7. The molecule has 0 saturated heterocycles. The maximum Gasteiger partial charge on any atom is 0.166 e. The van der Waals surface area contributed by atoms with E-state index in [4.69, 9.17) is 5.73 Å². The van der Waals surface area contributed by atoms with Gasteiger partial charge in [0.2, 0.25) is 0 Å². The Hall–Kier alpha value is -1.36. The summed E-state index contributed by atoms with van der Waals surface area (Å²) in [4.78, 5) is 1.20. The lowest BCUT2D eigenvalue weighted by molar-refractivity contribution is 0.767. The van der Waals surface area contributed by atoms with E-state index in [2.05, 4.69) is 23.2 Å². The van der Waals surface area contributed by atoms with Gasteiger partial charge in [0.25, 0.3) is 0 Å². The van der Waals surface area contributed by atoms with Gasteiger partial charge in [0.1, 0.15) is 6.33 Å². The fraction of sp³-hybridized carbons (Fsp3) is 0.333. The Balaban J connectivity index is 2.53. The zero-order valence-electron chi connectivity index (χ0n) is 8.19. The van der Waals surface area contributed by atoms with Crippen molar-refractivity contribution >= 4 is 16.3 Å². The van der Waals surface area contributed by atoms with Gasteiger partial charge in [-0.2, -0.15) is 0 Å². The zero-order valence-corrected chi connectivity index (χ0v) is 9.01. The van der Waals surface area contributed by atoms with Gasteiger partial charge in [-0.1, -0.05) is 0 Å². The first-order valence-corrected chi connectivity index (χ1v) is 5.28. The summed E-state index contributed by atoms with van der Waals surface area (Å²) >= 11 is 1.58. The highest BCUT2D eigenvalue weighted by Gasteiger charge is 2.11. The lowest BCUT2D eigenvalue weighted by atomic mass is 10.3. The molecular weight excluding hydrogens is 196 g/mol. The third kappa shape index (κ3) is 1.39. The first kappa shape index (κ1) is 9.21. The number of nitrogens with zero attached hydrogens (tertiary/aromatic N) is 3. The summed E-state index contributed by atoms with van der Waals surface area (Å²) in [7, 11) is 0. The molecule has 0 amide bonds. The lowest BCUT2D eigenvalue weighted by Crippen LogP contribution is -1.96. The molecule has 2 aromatic rings. The average molecular weight is 208 g/mol. The summed E-state index contributed by atoms with van der Waals surface area (Å²) in [5, 5.41) is 8.76. The van der Waals surface area contributed by atoms with Gasteiger partial charge in [-0.25, -0.2) is 0 Å². The number of hydrogen-bond acceptors (Lipinski definition) is 4. The number of nitrogen functional groups attached to an aromatic ring is 1. The van der Waals surface area contributed by atoms with Crippen LogP contribution in [0.3, 0.4) is 0 Å². The first-order chi connectivity index (χ1) is 6.72. The van der Waals surface area contributed by atoms with E-state index in [0.29, 0.717) is 0 Å². The number of aryl methyl sites for hydroxylation is 2. The van der Waals surface area contributed by atoms with E-state index in [-0.39, 0.29) is 0 Å². The molecule has 0 fully saturated rings. The molecule has 74 valence electrons. The van der Waals surface area contributed by atoms with Gasteiger partial charge in [-0.3, -0.25) is 0 Å². The smallest absolute Gasteiger partial charge is 0.166 e. The Kier molecular flexibility index (Phi) is 2.25. The molecule has 2 heterocycles. The highest BCUT2D eigenvalue weighted by atomic mass is 32.1. The van der Waals surface area contributed by atoms with E-state index in [1.165, 1.54) is 4.88 Å². The quantitative estimate of drug-likeness (QED) is 0.820. The average Bonchev–Trinajstić information content (AvgIpc) is 2.71. The van der Waals surface area contributed by atoms with E-state index >= 15 is 0 Å². The van der Waals surface area contributed by atoms with Crippen LogP contribution in [0.25, 0.3) is 11.4 Å². The number of hydrogen-bond donors (Lipinski definition) is 1. The van der Waals surface area contributed by atoms with Crippen molar-refractivity contribution in [3.63, 3.8) is 0 Å². The number of anilines is 1. The fourth-order valence-corrected chi connectivity index (χ4v) is 2.19. The van der Waals surface area contributed by atoms with Crippen molar-refractivity contribution in [1.82, 2.24) is 14.8 Å². The zero-order chi connectivity index (χ0) is 10.1. The topological polar surface area (TPSA) is 56.7 Å². The van der Waals surface area contributed by atoms with Crippen LogP contribution >= 0.6 is 11.3 Å². The van der Waals surface area contributed by atoms with Gasteiger partial charge < -0.3 is 10.3 Å². The van der Waals surface area contributed by atoms with Crippen LogP contribution in [-0.4, -0.2) is 14.8 Å². The van der Waals surface area contributed by atoms with Crippen LogP contribution in [0.4, 0.5) is 5.00 Å². The van der Waals surface area contributed by atoms with E-state index in [1.54, 1.807) is 17.7 Å².